The molecule has 4 aliphatic rings. The lowest BCUT2D eigenvalue weighted by molar-refractivity contribution is -0.171. The second kappa shape index (κ2) is 6.20. The molecule has 2 atom stereocenters. The summed E-state index contributed by atoms with van der Waals surface area (Å²) in [4.78, 5) is 17.7. The van der Waals surface area contributed by atoms with Crippen molar-refractivity contribution in [1.29, 1.82) is 0 Å². The van der Waals surface area contributed by atoms with Gasteiger partial charge in [-0.15, -0.1) is 0 Å². The highest BCUT2D eigenvalue weighted by molar-refractivity contribution is 9.10. The van der Waals surface area contributed by atoms with Crippen LogP contribution >= 0.6 is 15.9 Å². The van der Waals surface area contributed by atoms with Gasteiger partial charge in [-0.05, 0) is 69.4 Å². The molecule has 4 fully saturated rings. The molecule has 1 aromatic carbocycles. The molecule has 1 heterocycles. The van der Waals surface area contributed by atoms with Crippen molar-refractivity contribution in [3.8, 4) is 11.5 Å². The number of hydrogen-bond donors (Lipinski definition) is 0. The average molecular weight is 430 g/mol. The van der Waals surface area contributed by atoms with Gasteiger partial charge >= 0.3 is 5.97 Å². The Morgan fingerprint density at radius 2 is 1.93 bits per heavy atom. The molecule has 0 spiro atoms. The number of benzene rings is 1. The van der Waals surface area contributed by atoms with E-state index in [0.29, 0.717) is 29.2 Å². The van der Waals surface area contributed by atoms with Gasteiger partial charge in [0.05, 0.1) is 5.41 Å². The molecule has 4 bridgehead atoms. The Bertz CT molecular complexity index is 861. The van der Waals surface area contributed by atoms with Gasteiger partial charge in [0.1, 0.15) is 18.1 Å². The van der Waals surface area contributed by atoms with Crippen molar-refractivity contribution in [3.63, 3.8) is 0 Å². The standard InChI is InChI=1S/C22H24BrNO3/c1-14-18(24-19(27-14)17-5-3-2-4-6-17)12-26-20(25)21-8-15-7-16(9-21)11-22(23,10-15)13-21/h2-6,15-16H,7-13H2,1H3. The van der Waals surface area contributed by atoms with E-state index in [9.17, 15) is 4.79 Å². The summed E-state index contributed by atoms with van der Waals surface area (Å²) in [7, 11) is 0. The normalized spacial score (nSPS) is 34.0. The fourth-order valence-corrected chi connectivity index (χ4v) is 7.40. The van der Waals surface area contributed by atoms with E-state index in [-0.39, 0.29) is 22.3 Å². The fraction of sp³-hybridized carbons (Fsp3) is 0.545. The summed E-state index contributed by atoms with van der Waals surface area (Å²) in [6.07, 6.45) is 6.60. The van der Waals surface area contributed by atoms with Gasteiger partial charge in [0.2, 0.25) is 5.89 Å². The third-order valence-corrected chi connectivity index (χ3v) is 7.60. The molecule has 4 saturated carbocycles. The van der Waals surface area contributed by atoms with Crippen molar-refractivity contribution in [2.45, 2.75) is 56.4 Å². The summed E-state index contributed by atoms with van der Waals surface area (Å²) in [6.45, 7) is 2.06. The number of oxazole rings is 1. The molecule has 2 unspecified atom stereocenters. The molecule has 2 aromatic rings. The van der Waals surface area contributed by atoms with E-state index in [0.717, 1.165) is 24.8 Å². The van der Waals surface area contributed by atoms with E-state index in [1.807, 2.05) is 37.3 Å². The lowest BCUT2D eigenvalue weighted by Gasteiger charge is -2.58. The van der Waals surface area contributed by atoms with Crippen LogP contribution in [0.4, 0.5) is 0 Å². The average Bonchev–Trinajstić information content (AvgIpc) is 2.99. The van der Waals surface area contributed by atoms with Crippen LogP contribution in [0.25, 0.3) is 11.5 Å². The van der Waals surface area contributed by atoms with E-state index in [1.54, 1.807) is 0 Å². The summed E-state index contributed by atoms with van der Waals surface area (Å²) >= 11 is 3.96. The Hall–Kier alpha value is -1.62. The summed E-state index contributed by atoms with van der Waals surface area (Å²) in [6, 6.07) is 9.80. The second-order valence-electron chi connectivity index (χ2n) is 8.86. The van der Waals surface area contributed by atoms with Crippen molar-refractivity contribution < 1.29 is 13.9 Å². The maximum atomic E-state index is 13.1. The highest BCUT2D eigenvalue weighted by Crippen LogP contribution is 2.64. The molecule has 27 heavy (non-hydrogen) atoms. The van der Waals surface area contributed by atoms with E-state index in [4.69, 9.17) is 9.15 Å². The molecule has 0 N–H and O–H groups in total. The van der Waals surface area contributed by atoms with Gasteiger partial charge in [-0.3, -0.25) is 4.79 Å². The number of esters is 1. The molecule has 6 rings (SSSR count). The third kappa shape index (κ3) is 3.04. The number of alkyl halides is 1. The Kier molecular flexibility index (Phi) is 4.01. The Labute approximate surface area is 167 Å². The lowest BCUT2D eigenvalue weighted by Crippen LogP contribution is -2.56. The first-order valence-electron chi connectivity index (χ1n) is 9.83. The summed E-state index contributed by atoms with van der Waals surface area (Å²) in [5.74, 6) is 2.58. The molecular formula is C22H24BrNO3. The molecule has 1 aromatic heterocycles. The van der Waals surface area contributed by atoms with Gasteiger partial charge in [0.25, 0.3) is 0 Å². The minimum absolute atomic E-state index is 0.0379. The zero-order valence-corrected chi connectivity index (χ0v) is 17.1. The summed E-state index contributed by atoms with van der Waals surface area (Å²) in [5, 5.41) is 0. The highest BCUT2D eigenvalue weighted by atomic mass is 79.9. The first-order valence-corrected chi connectivity index (χ1v) is 10.6. The van der Waals surface area contributed by atoms with E-state index >= 15 is 0 Å². The van der Waals surface area contributed by atoms with Gasteiger partial charge in [-0.2, -0.15) is 0 Å². The van der Waals surface area contributed by atoms with Crippen LogP contribution in [0.5, 0.6) is 0 Å². The topological polar surface area (TPSA) is 52.3 Å². The Morgan fingerprint density at radius 1 is 1.22 bits per heavy atom. The van der Waals surface area contributed by atoms with Crippen LogP contribution in [0, 0.1) is 24.2 Å². The molecule has 4 aliphatic carbocycles. The van der Waals surface area contributed by atoms with Crippen molar-refractivity contribution >= 4 is 21.9 Å². The molecule has 142 valence electrons. The van der Waals surface area contributed by atoms with Crippen molar-refractivity contribution in [2.75, 3.05) is 0 Å². The van der Waals surface area contributed by atoms with E-state index in [2.05, 4.69) is 20.9 Å². The zero-order valence-electron chi connectivity index (χ0n) is 15.5. The minimum atomic E-state index is -0.298. The summed E-state index contributed by atoms with van der Waals surface area (Å²) < 4.78 is 11.7. The van der Waals surface area contributed by atoms with Crippen LogP contribution in [-0.4, -0.2) is 15.3 Å². The molecule has 5 heteroatoms. The van der Waals surface area contributed by atoms with Gasteiger partial charge in [-0.1, -0.05) is 34.1 Å². The molecule has 0 amide bonds. The number of carbonyl (C=O) groups is 1. The number of ether oxygens (including phenoxy) is 1. The molecule has 0 aliphatic heterocycles. The van der Waals surface area contributed by atoms with Crippen LogP contribution in [0.2, 0.25) is 0 Å². The number of aryl methyl sites for hydroxylation is 1. The smallest absolute Gasteiger partial charge is 0.312 e. The summed E-state index contributed by atoms with van der Waals surface area (Å²) in [5.41, 5.74) is 1.34. The van der Waals surface area contributed by atoms with Gasteiger partial charge < -0.3 is 9.15 Å². The van der Waals surface area contributed by atoms with Crippen molar-refractivity contribution in [1.82, 2.24) is 4.98 Å². The second-order valence-corrected chi connectivity index (χ2v) is 10.5. The van der Waals surface area contributed by atoms with Crippen LogP contribution < -0.4 is 0 Å². The largest absolute Gasteiger partial charge is 0.459 e. The first-order chi connectivity index (χ1) is 12.9. The number of carbonyl (C=O) groups excluding carboxylic acids is 1. The number of rotatable bonds is 4. The highest BCUT2D eigenvalue weighted by Gasteiger charge is 2.60. The van der Waals surface area contributed by atoms with Crippen molar-refractivity contribution in [3.05, 3.63) is 41.8 Å². The Morgan fingerprint density at radius 3 is 2.59 bits per heavy atom. The van der Waals surface area contributed by atoms with Crippen LogP contribution in [0.1, 0.15) is 50.0 Å². The first kappa shape index (κ1) is 17.5. The van der Waals surface area contributed by atoms with Gasteiger partial charge in [-0.25, -0.2) is 4.98 Å². The third-order valence-electron chi connectivity index (χ3n) is 6.68. The lowest BCUT2D eigenvalue weighted by atomic mass is 9.49. The van der Waals surface area contributed by atoms with Crippen molar-refractivity contribution in [2.24, 2.45) is 17.3 Å². The number of aromatic nitrogens is 1. The molecular weight excluding hydrogens is 406 g/mol. The van der Waals surface area contributed by atoms with Gasteiger partial charge in [0, 0.05) is 9.89 Å². The van der Waals surface area contributed by atoms with Crippen LogP contribution in [0.15, 0.2) is 34.7 Å². The molecule has 0 radical (unpaired) electrons. The maximum absolute atomic E-state index is 13.1. The SMILES string of the molecule is Cc1oc(-c2ccccc2)nc1COC(=O)C12CC3CC(CC(Br)(C3)C1)C2. The van der Waals surface area contributed by atoms with E-state index in [1.165, 1.54) is 19.3 Å². The fourth-order valence-electron chi connectivity index (χ4n) is 5.94. The van der Waals surface area contributed by atoms with Crippen LogP contribution in [0.3, 0.4) is 0 Å². The van der Waals surface area contributed by atoms with E-state index < -0.39 is 0 Å². The van der Waals surface area contributed by atoms with Gasteiger partial charge in [0.15, 0.2) is 0 Å². The number of hydrogen-bond acceptors (Lipinski definition) is 4. The number of nitrogens with zero attached hydrogens (tertiary/aromatic N) is 1. The molecule has 4 nitrogen and oxygen atoms in total. The predicted octanol–water partition coefficient (Wildman–Crippen LogP) is 5.43. The molecule has 0 saturated heterocycles. The minimum Gasteiger partial charge on any atom is -0.459 e. The maximum Gasteiger partial charge on any atom is 0.312 e. The van der Waals surface area contributed by atoms with Crippen LogP contribution in [-0.2, 0) is 16.1 Å². The predicted molar refractivity (Wildman–Crippen MR) is 105 cm³/mol. The number of halogens is 1. The monoisotopic (exact) mass is 429 g/mol. The quantitative estimate of drug-likeness (QED) is 0.480. The zero-order chi connectivity index (χ0) is 18.6. The Balaban J connectivity index is 1.31.